The largest absolute Gasteiger partial charge is 0.378 e. The zero-order valence-electron chi connectivity index (χ0n) is 16.9. The zero-order valence-corrected chi connectivity index (χ0v) is 16.9. The van der Waals surface area contributed by atoms with Crippen molar-refractivity contribution in [3.05, 3.63) is 77.9 Å². The number of carbonyl (C=O) groups excluding carboxylic acids is 1. The molecule has 1 aliphatic carbocycles. The maximum atomic E-state index is 12.4. The number of hydrogen-bond acceptors (Lipinski definition) is 4. The van der Waals surface area contributed by atoms with Crippen LogP contribution in [0.1, 0.15) is 11.1 Å². The molecule has 0 aromatic heterocycles. The second-order valence-corrected chi connectivity index (χ2v) is 7.75. The van der Waals surface area contributed by atoms with Gasteiger partial charge >= 0.3 is 0 Å². The van der Waals surface area contributed by atoms with E-state index in [0.29, 0.717) is 0 Å². The number of morpholine rings is 1. The maximum absolute atomic E-state index is 12.4. The third-order valence-electron chi connectivity index (χ3n) is 5.77. The van der Waals surface area contributed by atoms with E-state index in [1.54, 1.807) is 0 Å². The van der Waals surface area contributed by atoms with Crippen LogP contribution in [-0.2, 0) is 16.0 Å². The van der Waals surface area contributed by atoms with E-state index in [1.165, 1.54) is 22.3 Å². The van der Waals surface area contributed by atoms with Gasteiger partial charge in [-0.25, -0.2) is 0 Å². The van der Waals surface area contributed by atoms with Gasteiger partial charge in [-0.05, 0) is 65.1 Å². The van der Waals surface area contributed by atoms with Crippen molar-refractivity contribution in [1.29, 1.82) is 0 Å². The first kappa shape index (κ1) is 18.7. The van der Waals surface area contributed by atoms with Crippen LogP contribution in [0.15, 0.2) is 66.7 Å². The standard InChI is InChI=1S/C25H25N3O2/c29-25(27-20-5-8-22(9-6-20)28-11-13-30-14-12-28)17-26-21-7-10-24-19(16-21)15-18-3-1-2-4-23(18)24/h1-10,16,26H,11-15,17H2,(H,27,29). The minimum Gasteiger partial charge on any atom is -0.378 e. The van der Waals surface area contributed by atoms with Gasteiger partial charge in [0.1, 0.15) is 0 Å². The lowest BCUT2D eigenvalue weighted by Crippen LogP contribution is -2.36. The fourth-order valence-corrected chi connectivity index (χ4v) is 4.22. The van der Waals surface area contributed by atoms with Gasteiger partial charge in [-0.2, -0.15) is 0 Å². The lowest BCUT2D eigenvalue weighted by atomic mass is 10.1. The highest BCUT2D eigenvalue weighted by atomic mass is 16.5. The van der Waals surface area contributed by atoms with Crippen molar-refractivity contribution in [2.24, 2.45) is 0 Å². The van der Waals surface area contributed by atoms with Crippen LogP contribution in [0.5, 0.6) is 0 Å². The Balaban J connectivity index is 1.16. The highest BCUT2D eigenvalue weighted by Crippen LogP contribution is 2.37. The summed E-state index contributed by atoms with van der Waals surface area (Å²) in [7, 11) is 0. The quantitative estimate of drug-likeness (QED) is 0.530. The van der Waals surface area contributed by atoms with E-state index in [4.69, 9.17) is 4.74 Å². The van der Waals surface area contributed by atoms with Gasteiger partial charge in [0.25, 0.3) is 0 Å². The smallest absolute Gasteiger partial charge is 0.243 e. The van der Waals surface area contributed by atoms with Crippen molar-refractivity contribution in [3.8, 4) is 11.1 Å². The fraction of sp³-hybridized carbons (Fsp3) is 0.240. The Hall–Kier alpha value is -3.31. The molecule has 0 saturated carbocycles. The first-order valence-electron chi connectivity index (χ1n) is 10.4. The summed E-state index contributed by atoms with van der Waals surface area (Å²) in [4.78, 5) is 14.7. The first-order valence-corrected chi connectivity index (χ1v) is 10.4. The Kier molecular flexibility index (Phi) is 5.11. The molecule has 1 amide bonds. The van der Waals surface area contributed by atoms with Gasteiger partial charge in [-0.3, -0.25) is 4.79 Å². The van der Waals surface area contributed by atoms with E-state index in [0.717, 1.165) is 49.8 Å². The molecule has 0 unspecified atom stereocenters. The molecule has 5 heteroatoms. The monoisotopic (exact) mass is 399 g/mol. The summed E-state index contributed by atoms with van der Waals surface area (Å²) in [5.41, 5.74) is 8.22. The Morgan fingerprint density at radius 1 is 0.867 bits per heavy atom. The Labute approximate surface area is 176 Å². The van der Waals surface area contributed by atoms with Crippen LogP contribution in [0.25, 0.3) is 11.1 Å². The van der Waals surface area contributed by atoms with E-state index < -0.39 is 0 Å². The van der Waals surface area contributed by atoms with E-state index in [2.05, 4.69) is 51.9 Å². The predicted octanol–water partition coefficient (Wildman–Crippen LogP) is 4.15. The van der Waals surface area contributed by atoms with Crippen LogP contribution in [0.2, 0.25) is 0 Å². The van der Waals surface area contributed by atoms with Gasteiger partial charge in [0, 0.05) is 30.2 Å². The molecular formula is C25H25N3O2. The highest BCUT2D eigenvalue weighted by molar-refractivity contribution is 5.94. The minimum atomic E-state index is -0.0575. The number of hydrogen-bond donors (Lipinski definition) is 2. The van der Waals surface area contributed by atoms with Crippen molar-refractivity contribution in [2.45, 2.75) is 6.42 Å². The summed E-state index contributed by atoms with van der Waals surface area (Å²) in [5.74, 6) is -0.0575. The number of amides is 1. The van der Waals surface area contributed by atoms with Crippen molar-refractivity contribution >= 4 is 23.0 Å². The molecule has 5 nitrogen and oxygen atoms in total. The summed E-state index contributed by atoms with van der Waals surface area (Å²) < 4.78 is 5.40. The molecular weight excluding hydrogens is 374 g/mol. The van der Waals surface area contributed by atoms with Crippen molar-refractivity contribution in [3.63, 3.8) is 0 Å². The van der Waals surface area contributed by atoms with Crippen molar-refractivity contribution in [2.75, 3.05) is 48.4 Å². The average Bonchev–Trinajstić information content (AvgIpc) is 3.17. The second-order valence-electron chi connectivity index (χ2n) is 7.75. The van der Waals surface area contributed by atoms with E-state index in [1.807, 2.05) is 30.3 Å². The van der Waals surface area contributed by atoms with Crippen LogP contribution in [0.4, 0.5) is 17.1 Å². The predicted molar refractivity (Wildman–Crippen MR) is 121 cm³/mol. The molecule has 3 aromatic carbocycles. The SMILES string of the molecule is O=C(CNc1ccc2c(c1)Cc1ccccc1-2)Nc1ccc(N2CCOCC2)cc1. The average molecular weight is 399 g/mol. The summed E-state index contributed by atoms with van der Waals surface area (Å²) in [5, 5.41) is 6.21. The third kappa shape index (κ3) is 3.89. The first-order chi connectivity index (χ1) is 14.8. The molecule has 2 aliphatic rings. The van der Waals surface area contributed by atoms with Gasteiger partial charge in [0.2, 0.25) is 5.91 Å². The van der Waals surface area contributed by atoms with Crippen LogP contribution in [-0.4, -0.2) is 38.8 Å². The molecule has 0 spiro atoms. The van der Waals surface area contributed by atoms with E-state index in [-0.39, 0.29) is 12.5 Å². The Morgan fingerprint density at radius 2 is 1.60 bits per heavy atom. The molecule has 0 bridgehead atoms. The number of ether oxygens (including phenoxy) is 1. The van der Waals surface area contributed by atoms with Crippen LogP contribution >= 0.6 is 0 Å². The van der Waals surface area contributed by atoms with Gasteiger partial charge < -0.3 is 20.3 Å². The number of nitrogens with zero attached hydrogens (tertiary/aromatic N) is 1. The molecule has 5 rings (SSSR count). The van der Waals surface area contributed by atoms with Gasteiger partial charge in [0.15, 0.2) is 0 Å². The highest BCUT2D eigenvalue weighted by Gasteiger charge is 2.18. The second kappa shape index (κ2) is 8.20. The summed E-state index contributed by atoms with van der Waals surface area (Å²) in [6, 6.07) is 22.9. The molecule has 3 aromatic rings. The molecule has 1 fully saturated rings. The fourth-order valence-electron chi connectivity index (χ4n) is 4.22. The van der Waals surface area contributed by atoms with Crippen molar-refractivity contribution < 1.29 is 9.53 Å². The molecule has 2 N–H and O–H groups in total. The number of nitrogens with one attached hydrogen (secondary N) is 2. The molecule has 1 heterocycles. The van der Waals surface area contributed by atoms with Crippen LogP contribution in [0, 0.1) is 0 Å². The number of fused-ring (bicyclic) bond motifs is 3. The van der Waals surface area contributed by atoms with Gasteiger partial charge in [-0.15, -0.1) is 0 Å². The molecule has 0 radical (unpaired) electrons. The zero-order chi connectivity index (χ0) is 20.3. The van der Waals surface area contributed by atoms with E-state index in [9.17, 15) is 4.79 Å². The van der Waals surface area contributed by atoms with Crippen molar-refractivity contribution in [1.82, 2.24) is 0 Å². The number of anilines is 3. The summed E-state index contributed by atoms with van der Waals surface area (Å²) in [6.07, 6.45) is 0.947. The number of carbonyl (C=O) groups is 1. The van der Waals surface area contributed by atoms with Crippen LogP contribution in [0.3, 0.4) is 0 Å². The minimum absolute atomic E-state index is 0.0575. The third-order valence-corrected chi connectivity index (χ3v) is 5.77. The number of benzene rings is 3. The lowest BCUT2D eigenvalue weighted by Gasteiger charge is -2.28. The summed E-state index contributed by atoms with van der Waals surface area (Å²) >= 11 is 0. The van der Waals surface area contributed by atoms with Crippen LogP contribution < -0.4 is 15.5 Å². The normalized spacial score (nSPS) is 14.7. The lowest BCUT2D eigenvalue weighted by molar-refractivity contribution is -0.114. The molecule has 1 aliphatic heterocycles. The Morgan fingerprint density at radius 3 is 2.43 bits per heavy atom. The summed E-state index contributed by atoms with van der Waals surface area (Å²) in [6.45, 7) is 3.57. The van der Waals surface area contributed by atoms with Gasteiger partial charge in [-0.1, -0.05) is 30.3 Å². The Bertz CT molecular complexity index is 1060. The molecule has 1 saturated heterocycles. The molecule has 152 valence electrons. The number of rotatable bonds is 5. The maximum Gasteiger partial charge on any atom is 0.243 e. The topological polar surface area (TPSA) is 53.6 Å². The van der Waals surface area contributed by atoms with E-state index >= 15 is 0 Å². The molecule has 0 atom stereocenters. The van der Waals surface area contributed by atoms with Gasteiger partial charge in [0.05, 0.1) is 19.8 Å². The molecule has 30 heavy (non-hydrogen) atoms.